The summed E-state index contributed by atoms with van der Waals surface area (Å²) in [6.45, 7) is 0. The zero-order valence-corrected chi connectivity index (χ0v) is 15.2. The van der Waals surface area contributed by atoms with Crippen LogP contribution in [0.3, 0.4) is 0 Å². The first-order valence-corrected chi connectivity index (χ1v) is 9.37. The number of methoxy groups -OCH3 is 1. The Morgan fingerprint density at radius 3 is 2.96 bits per heavy atom. The molecule has 138 valence electrons. The lowest BCUT2D eigenvalue weighted by Crippen LogP contribution is -2.29. The summed E-state index contributed by atoms with van der Waals surface area (Å²) in [6.07, 6.45) is 12.4. The molecule has 1 saturated carbocycles. The molecule has 1 aliphatic rings. The van der Waals surface area contributed by atoms with E-state index in [1.54, 1.807) is 13.3 Å². The van der Waals surface area contributed by atoms with Gasteiger partial charge in [0.25, 0.3) is 0 Å². The van der Waals surface area contributed by atoms with Crippen LogP contribution in [0, 0.1) is 0 Å². The van der Waals surface area contributed by atoms with Gasteiger partial charge in [-0.2, -0.15) is 10.1 Å². The quantitative estimate of drug-likeness (QED) is 0.579. The maximum absolute atomic E-state index is 5.44. The number of hydrogen-bond acceptors (Lipinski definition) is 5. The molecule has 0 radical (unpaired) electrons. The van der Waals surface area contributed by atoms with Gasteiger partial charge in [-0.1, -0.05) is 0 Å². The van der Waals surface area contributed by atoms with E-state index in [0.717, 1.165) is 53.4 Å². The number of nitrogens with one attached hydrogen (secondary N) is 2. The predicted molar refractivity (Wildman–Crippen MR) is 105 cm³/mol. The normalized spacial score (nSPS) is 20.3. The number of H-pyrrole nitrogens is 1. The second-order valence-electron chi connectivity index (χ2n) is 7.13. The highest BCUT2D eigenvalue weighted by Crippen LogP contribution is 2.29. The molecule has 0 amide bonds. The van der Waals surface area contributed by atoms with Crippen molar-refractivity contribution in [2.75, 3.05) is 12.4 Å². The summed E-state index contributed by atoms with van der Waals surface area (Å²) < 4.78 is 7.30. The van der Waals surface area contributed by atoms with Crippen LogP contribution in [-0.4, -0.2) is 43.8 Å². The second-order valence-corrected chi connectivity index (χ2v) is 7.13. The Bertz CT molecular complexity index is 1080. The number of pyridine rings is 1. The average molecular weight is 362 g/mol. The lowest BCUT2D eigenvalue weighted by Gasteiger charge is -2.28. The number of hydrogen-bond donors (Lipinski definition) is 2. The lowest BCUT2D eigenvalue weighted by molar-refractivity contribution is 0.0681. The molecule has 5 rings (SSSR count). The van der Waals surface area contributed by atoms with Crippen LogP contribution >= 0.6 is 0 Å². The van der Waals surface area contributed by atoms with Gasteiger partial charge in [0, 0.05) is 48.9 Å². The summed E-state index contributed by atoms with van der Waals surface area (Å²) >= 11 is 0. The Kier molecular flexibility index (Phi) is 4.01. The summed E-state index contributed by atoms with van der Waals surface area (Å²) in [5, 5.41) is 8.75. The predicted octanol–water partition coefficient (Wildman–Crippen LogP) is 3.64. The zero-order valence-electron chi connectivity index (χ0n) is 15.2. The van der Waals surface area contributed by atoms with E-state index in [-0.39, 0.29) is 0 Å². The van der Waals surface area contributed by atoms with Gasteiger partial charge in [-0.15, -0.1) is 0 Å². The monoisotopic (exact) mass is 362 g/mol. The third kappa shape index (κ3) is 3.04. The Morgan fingerprint density at radius 1 is 1.22 bits per heavy atom. The van der Waals surface area contributed by atoms with Gasteiger partial charge in [0.1, 0.15) is 5.65 Å². The highest BCUT2D eigenvalue weighted by atomic mass is 16.5. The number of aromatic amines is 1. The fraction of sp³-hybridized carbons (Fsp3) is 0.350. The van der Waals surface area contributed by atoms with Crippen LogP contribution in [-0.2, 0) is 4.74 Å². The van der Waals surface area contributed by atoms with Crippen molar-refractivity contribution in [2.24, 2.45) is 0 Å². The molecule has 0 spiro atoms. The molecule has 0 aromatic carbocycles. The van der Waals surface area contributed by atoms with Crippen LogP contribution < -0.4 is 5.32 Å². The van der Waals surface area contributed by atoms with E-state index < -0.39 is 0 Å². The van der Waals surface area contributed by atoms with Crippen LogP contribution in [0.1, 0.15) is 25.7 Å². The number of fused-ring (bicyclic) bond motifs is 2. The van der Waals surface area contributed by atoms with Crippen molar-refractivity contribution in [1.82, 2.24) is 24.6 Å². The van der Waals surface area contributed by atoms with Gasteiger partial charge < -0.3 is 15.0 Å². The highest BCUT2D eigenvalue weighted by molar-refractivity contribution is 5.94. The number of rotatable bonds is 4. The fourth-order valence-electron chi connectivity index (χ4n) is 3.93. The van der Waals surface area contributed by atoms with Crippen molar-refractivity contribution in [2.45, 2.75) is 37.8 Å². The maximum atomic E-state index is 5.44. The second kappa shape index (κ2) is 6.66. The van der Waals surface area contributed by atoms with Crippen molar-refractivity contribution < 1.29 is 4.74 Å². The Balaban J connectivity index is 1.39. The molecule has 4 heterocycles. The first-order valence-electron chi connectivity index (χ1n) is 9.37. The summed E-state index contributed by atoms with van der Waals surface area (Å²) in [6, 6.07) is 6.58. The number of ether oxygens (including phenoxy) is 1. The Hall–Kier alpha value is -2.93. The lowest BCUT2D eigenvalue weighted by atomic mass is 9.93. The van der Waals surface area contributed by atoms with Gasteiger partial charge in [0.15, 0.2) is 0 Å². The van der Waals surface area contributed by atoms with Crippen LogP contribution in [0.5, 0.6) is 0 Å². The first kappa shape index (κ1) is 16.3. The van der Waals surface area contributed by atoms with E-state index in [1.807, 2.05) is 29.2 Å². The minimum atomic E-state index is 0.394. The molecule has 0 aliphatic heterocycles. The molecule has 7 nitrogen and oxygen atoms in total. The molecule has 0 atom stereocenters. The summed E-state index contributed by atoms with van der Waals surface area (Å²) in [5.41, 5.74) is 4.13. The largest absolute Gasteiger partial charge is 0.381 e. The molecule has 0 unspecified atom stereocenters. The summed E-state index contributed by atoms with van der Waals surface area (Å²) in [7, 11) is 1.79. The highest BCUT2D eigenvalue weighted by Gasteiger charge is 2.21. The SMILES string of the molecule is COC1CCC(Nc2ncc3c(-c4ccn5nccc5c4)c[nH]c3n2)CC1. The van der Waals surface area contributed by atoms with Gasteiger partial charge in [-0.3, -0.25) is 0 Å². The molecule has 1 aliphatic carbocycles. The molecular formula is C20H22N6O. The van der Waals surface area contributed by atoms with Crippen molar-refractivity contribution in [1.29, 1.82) is 0 Å². The van der Waals surface area contributed by atoms with Crippen molar-refractivity contribution in [3.05, 3.63) is 43.0 Å². The zero-order chi connectivity index (χ0) is 18.2. The van der Waals surface area contributed by atoms with E-state index in [2.05, 4.69) is 37.5 Å². The maximum Gasteiger partial charge on any atom is 0.224 e. The van der Waals surface area contributed by atoms with E-state index in [9.17, 15) is 0 Å². The minimum absolute atomic E-state index is 0.394. The molecule has 4 aromatic rings. The van der Waals surface area contributed by atoms with Crippen LogP contribution in [0.25, 0.3) is 27.7 Å². The van der Waals surface area contributed by atoms with Gasteiger partial charge in [0.2, 0.25) is 5.95 Å². The van der Waals surface area contributed by atoms with Crippen molar-refractivity contribution in [3.8, 4) is 11.1 Å². The van der Waals surface area contributed by atoms with Gasteiger partial charge in [-0.05, 0) is 49.4 Å². The van der Waals surface area contributed by atoms with Crippen molar-refractivity contribution >= 4 is 22.5 Å². The molecule has 0 bridgehead atoms. The van der Waals surface area contributed by atoms with Crippen molar-refractivity contribution in [3.63, 3.8) is 0 Å². The molecule has 4 aromatic heterocycles. The Labute approximate surface area is 156 Å². The van der Waals surface area contributed by atoms with Crippen LogP contribution in [0.4, 0.5) is 5.95 Å². The average Bonchev–Trinajstić information content (AvgIpc) is 3.34. The molecule has 7 heteroatoms. The Morgan fingerprint density at radius 2 is 2.11 bits per heavy atom. The minimum Gasteiger partial charge on any atom is -0.381 e. The summed E-state index contributed by atoms with van der Waals surface area (Å²) in [5.74, 6) is 0.683. The molecule has 27 heavy (non-hydrogen) atoms. The van der Waals surface area contributed by atoms with Gasteiger partial charge >= 0.3 is 0 Å². The van der Waals surface area contributed by atoms with E-state index >= 15 is 0 Å². The molecule has 0 saturated heterocycles. The van der Waals surface area contributed by atoms with Gasteiger partial charge in [-0.25, -0.2) is 9.50 Å². The molecule has 2 N–H and O–H groups in total. The number of aromatic nitrogens is 5. The standard InChI is InChI=1S/C20H22N6O/c1-27-16-4-2-14(3-5-16)24-20-22-12-18-17(11-21-19(18)25-20)13-7-9-26-15(10-13)6-8-23-26/h6-12,14,16H,2-5H2,1H3,(H2,21,22,24,25). The topological polar surface area (TPSA) is 80.1 Å². The number of anilines is 1. The third-order valence-corrected chi connectivity index (χ3v) is 5.48. The van der Waals surface area contributed by atoms with E-state index in [4.69, 9.17) is 4.74 Å². The summed E-state index contributed by atoms with van der Waals surface area (Å²) in [4.78, 5) is 12.5. The fourth-order valence-corrected chi connectivity index (χ4v) is 3.93. The van der Waals surface area contributed by atoms with Crippen LogP contribution in [0.2, 0.25) is 0 Å². The molecular weight excluding hydrogens is 340 g/mol. The van der Waals surface area contributed by atoms with E-state index in [1.165, 1.54) is 0 Å². The number of nitrogens with zero attached hydrogens (tertiary/aromatic N) is 4. The third-order valence-electron chi connectivity index (χ3n) is 5.48. The molecule has 1 fully saturated rings. The van der Waals surface area contributed by atoms with E-state index in [0.29, 0.717) is 18.1 Å². The van der Waals surface area contributed by atoms with Gasteiger partial charge in [0.05, 0.1) is 11.6 Å². The van der Waals surface area contributed by atoms with Crippen LogP contribution in [0.15, 0.2) is 43.0 Å². The first-order chi connectivity index (χ1) is 13.3. The smallest absolute Gasteiger partial charge is 0.224 e.